The van der Waals surface area contributed by atoms with Gasteiger partial charge in [-0.15, -0.1) is 0 Å². The second-order valence-electron chi connectivity index (χ2n) is 3.92. The quantitative estimate of drug-likeness (QED) is 0.664. The van der Waals surface area contributed by atoms with E-state index in [-0.39, 0.29) is 32.8 Å². The van der Waals surface area contributed by atoms with E-state index < -0.39 is 10.9 Å². The molecule has 0 saturated heterocycles. The van der Waals surface area contributed by atoms with Crippen molar-refractivity contribution in [2.24, 2.45) is 0 Å². The Hall–Kier alpha value is -2.31. The molecule has 0 spiro atoms. The second kappa shape index (κ2) is 5.99. The fourth-order valence-electron chi connectivity index (χ4n) is 1.58. The normalized spacial score (nSPS) is 10.2. The number of nitro benzene ring substituents is 1. The molecule has 0 heterocycles. The first-order chi connectivity index (χ1) is 9.88. The fraction of sp³-hybridized carbons (Fsp3) is 0. The number of ether oxygens (including phenoxy) is 1. The van der Waals surface area contributed by atoms with E-state index in [1.54, 1.807) is 0 Å². The summed E-state index contributed by atoms with van der Waals surface area (Å²) < 4.78 is 5.36. The van der Waals surface area contributed by atoms with Crippen LogP contribution in [0.3, 0.4) is 0 Å². The standard InChI is InChI=1S/C13H7Cl2NO5/c14-7-1-4-11(16(19)20)12(5-7)21-8-2-3-9(13(17)18)10(15)6-8/h1-6H,(H,17,18). The number of nitrogens with zero attached hydrogens (tertiary/aromatic N) is 1. The van der Waals surface area contributed by atoms with Crippen LogP contribution < -0.4 is 4.74 Å². The Bertz CT molecular complexity index is 732. The third-order valence-corrected chi connectivity index (χ3v) is 3.07. The zero-order valence-corrected chi connectivity index (χ0v) is 11.8. The van der Waals surface area contributed by atoms with Crippen LogP contribution in [-0.2, 0) is 0 Å². The summed E-state index contributed by atoms with van der Waals surface area (Å²) in [5, 5.41) is 20.0. The minimum atomic E-state index is -1.18. The summed E-state index contributed by atoms with van der Waals surface area (Å²) in [6, 6.07) is 7.72. The molecule has 2 aromatic rings. The van der Waals surface area contributed by atoms with E-state index >= 15 is 0 Å². The molecule has 0 atom stereocenters. The van der Waals surface area contributed by atoms with Crippen LogP contribution in [0.2, 0.25) is 10.0 Å². The number of nitro groups is 1. The number of halogens is 2. The van der Waals surface area contributed by atoms with Crippen LogP contribution in [0.15, 0.2) is 36.4 Å². The Labute approximate surface area is 128 Å². The number of aromatic carboxylic acids is 1. The molecule has 0 aliphatic heterocycles. The molecule has 0 amide bonds. The van der Waals surface area contributed by atoms with Crippen molar-refractivity contribution in [1.82, 2.24) is 0 Å². The number of hydrogen-bond donors (Lipinski definition) is 1. The van der Waals surface area contributed by atoms with E-state index in [9.17, 15) is 14.9 Å². The Kier molecular flexibility index (Phi) is 4.30. The Morgan fingerprint density at radius 1 is 1.19 bits per heavy atom. The molecule has 0 aromatic heterocycles. The Morgan fingerprint density at radius 3 is 2.48 bits per heavy atom. The van der Waals surface area contributed by atoms with Crippen molar-refractivity contribution in [3.05, 3.63) is 62.1 Å². The summed E-state index contributed by atoms with van der Waals surface area (Å²) in [5.41, 5.74) is -0.359. The summed E-state index contributed by atoms with van der Waals surface area (Å²) in [4.78, 5) is 21.1. The van der Waals surface area contributed by atoms with Crippen LogP contribution in [0.25, 0.3) is 0 Å². The van der Waals surface area contributed by atoms with Crippen molar-refractivity contribution in [1.29, 1.82) is 0 Å². The van der Waals surface area contributed by atoms with Gasteiger partial charge in [0.1, 0.15) is 5.75 Å². The van der Waals surface area contributed by atoms with Crippen LogP contribution in [-0.4, -0.2) is 16.0 Å². The highest BCUT2D eigenvalue weighted by Crippen LogP contribution is 2.35. The molecule has 21 heavy (non-hydrogen) atoms. The minimum Gasteiger partial charge on any atom is -0.478 e. The van der Waals surface area contributed by atoms with Crippen LogP contribution in [0.5, 0.6) is 11.5 Å². The predicted octanol–water partition coefficient (Wildman–Crippen LogP) is 4.39. The molecule has 2 rings (SSSR count). The van der Waals surface area contributed by atoms with E-state index in [0.717, 1.165) is 0 Å². The Balaban J connectivity index is 2.38. The first-order valence-electron chi connectivity index (χ1n) is 5.53. The van der Waals surface area contributed by atoms with Crippen molar-refractivity contribution in [3.63, 3.8) is 0 Å². The molecule has 0 aliphatic carbocycles. The van der Waals surface area contributed by atoms with Crippen molar-refractivity contribution in [2.45, 2.75) is 0 Å². The number of carboxylic acid groups (broad SMARTS) is 1. The van der Waals surface area contributed by atoms with Crippen molar-refractivity contribution in [3.8, 4) is 11.5 Å². The highest BCUT2D eigenvalue weighted by atomic mass is 35.5. The lowest BCUT2D eigenvalue weighted by Crippen LogP contribution is -1.98. The monoisotopic (exact) mass is 327 g/mol. The maximum Gasteiger partial charge on any atom is 0.337 e. The number of benzene rings is 2. The van der Waals surface area contributed by atoms with E-state index in [0.29, 0.717) is 0 Å². The maximum absolute atomic E-state index is 10.9. The lowest BCUT2D eigenvalue weighted by molar-refractivity contribution is -0.385. The topological polar surface area (TPSA) is 89.7 Å². The van der Waals surface area contributed by atoms with Crippen molar-refractivity contribution < 1.29 is 19.6 Å². The van der Waals surface area contributed by atoms with E-state index in [2.05, 4.69) is 0 Å². The Morgan fingerprint density at radius 2 is 1.90 bits per heavy atom. The van der Waals surface area contributed by atoms with Gasteiger partial charge in [-0.3, -0.25) is 10.1 Å². The summed E-state index contributed by atoms with van der Waals surface area (Å²) in [6.45, 7) is 0. The van der Waals surface area contributed by atoms with Gasteiger partial charge in [0.15, 0.2) is 0 Å². The molecule has 0 saturated carbocycles. The zero-order chi connectivity index (χ0) is 15.6. The molecule has 1 N–H and O–H groups in total. The van der Waals surface area contributed by atoms with Gasteiger partial charge in [-0.2, -0.15) is 0 Å². The van der Waals surface area contributed by atoms with Gasteiger partial charge in [-0.25, -0.2) is 4.79 Å². The lowest BCUT2D eigenvalue weighted by Gasteiger charge is -2.08. The molecule has 6 nitrogen and oxygen atoms in total. The average Bonchev–Trinajstić information content (AvgIpc) is 2.37. The second-order valence-corrected chi connectivity index (χ2v) is 4.76. The highest BCUT2D eigenvalue weighted by Gasteiger charge is 2.17. The first-order valence-corrected chi connectivity index (χ1v) is 6.28. The van der Waals surface area contributed by atoms with E-state index in [1.165, 1.54) is 36.4 Å². The number of carbonyl (C=O) groups is 1. The third-order valence-electron chi connectivity index (χ3n) is 2.52. The number of hydrogen-bond acceptors (Lipinski definition) is 4. The van der Waals surface area contributed by atoms with Gasteiger partial charge < -0.3 is 9.84 Å². The maximum atomic E-state index is 10.9. The van der Waals surface area contributed by atoms with Crippen molar-refractivity contribution in [2.75, 3.05) is 0 Å². The van der Waals surface area contributed by atoms with Crippen LogP contribution in [0.1, 0.15) is 10.4 Å². The third kappa shape index (κ3) is 3.42. The molecule has 0 unspecified atom stereocenters. The largest absolute Gasteiger partial charge is 0.478 e. The zero-order valence-electron chi connectivity index (χ0n) is 10.2. The predicted molar refractivity (Wildman–Crippen MR) is 76.6 cm³/mol. The molecule has 0 fully saturated rings. The van der Waals surface area contributed by atoms with E-state index in [4.69, 9.17) is 33.0 Å². The lowest BCUT2D eigenvalue weighted by atomic mass is 10.2. The summed E-state index contributed by atoms with van der Waals surface area (Å²) >= 11 is 11.6. The minimum absolute atomic E-state index is 0.0373. The molecule has 0 aliphatic rings. The molecule has 0 bridgehead atoms. The fourth-order valence-corrected chi connectivity index (χ4v) is 1.99. The summed E-state index contributed by atoms with van der Waals surface area (Å²) in [7, 11) is 0. The van der Waals surface area contributed by atoms with Crippen LogP contribution >= 0.6 is 23.2 Å². The molecule has 2 aromatic carbocycles. The van der Waals surface area contributed by atoms with Gasteiger partial charge in [0, 0.05) is 23.2 Å². The van der Waals surface area contributed by atoms with Crippen LogP contribution in [0.4, 0.5) is 5.69 Å². The summed E-state index contributed by atoms with van der Waals surface area (Å²) in [6.07, 6.45) is 0. The van der Waals surface area contributed by atoms with Gasteiger partial charge in [0.25, 0.3) is 0 Å². The van der Waals surface area contributed by atoms with E-state index in [1.807, 2.05) is 0 Å². The molecule has 108 valence electrons. The number of carboxylic acids is 1. The van der Waals surface area contributed by atoms with Gasteiger partial charge in [0.2, 0.25) is 5.75 Å². The summed E-state index contributed by atoms with van der Waals surface area (Å²) in [5.74, 6) is -1.08. The average molecular weight is 328 g/mol. The smallest absolute Gasteiger partial charge is 0.337 e. The molecule has 8 heteroatoms. The SMILES string of the molecule is O=C(O)c1ccc(Oc2cc(Cl)ccc2[N+](=O)[O-])cc1Cl. The van der Waals surface area contributed by atoms with Crippen molar-refractivity contribution >= 4 is 34.9 Å². The molecular weight excluding hydrogens is 321 g/mol. The van der Waals surface area contributed by atoms with Crippen LogP contribution in [0, 0.1) is 10.1 Å². The van der Waals surface area contributed by atoms with Gasteiger partial charge in [-0.05, 0) is 18.2 Å². The molecular formula is C13H7Cl2NO5. The first kappa shape index (κ1) is 15.1. The van der Waals surface area contributed by atoms with Gasteiger partial charge in [0.05, 0.1) is 15.5 Å². The van der Waals surface area contributed by atoms with Gasteiger partial charge >= 0.3 is 11.7 Å². The number of rotatable bonds is 4. The van der Waals surface area contributed by atoms with Gasteiger partial charge in [-0.1, -0.05) is 23.2 Å². The highest BCUT2D eigenvalue weighted by molar-refractivity contribution is 6.33. The molecule has 0 radical (unpaired) electrons.